The highest BCUT2D eigenvalue weighted by atomic mass is 32.2. The van der Waals surface area contributed by atoms with E-state index in [1.165, 1.54) is 11.8 Å². The second-order valence-electron chi connectivity index (χ2n) is 9.10. The van der Waals surface area contributed by atoms with Gasteiger partial charge in [0.25, 0.3) is 0 Å². The zero-order chi connectivity index (χ0) is 25.9. The van der Waals surface area contributed by atoms with Crippen molar-refractivity contribution in [2.75, 3.05) is 36.5 Å². The van der Waals surface area contributed by atoms with Gasteiger partial charge in [0.05, 0.1) is 18.8 Å². The fourth-order valence-corrected chi connectivity index (χ4v) is 5.22. The normalized spacial score (nSPS) is 18.5. The van der Waals surface area contributed by atoms with Gasteiger partial charge in [0.2, 0.25) is 0 Å². The van der Waals surface area contributed by atoms with Crippen molar-refractivity contribution < 1.29 is 27.8 Å². The largest absolute Gasteiger partial charge is 0.478 e. The zero-order valence-corrected chi connectivity index (χ0v) is 20.9. The quantitative estimate of drug-likeness (QED) is 0.421. The summed E-state index contributed by atoms with van der Waals surface area (Å²) in [5, 5.41) is 15.9. The van der Waals surface area contributed by atoms with E-state index in [1.54, 1.807) is 0 Å². The number of allylic oxidation sites excluding steroid dienone is 1. The van der Waals surface area contributed by atoms with E-state index >= 15 is 0 Å². The first-order chi connectivity index (χ1) is 17.1. The lowest BCUT2D eigenvalue weighted by Gasteiger charge is -2.29. The lowest BCUT2D eigenvalue weighted by Crippen LogP contribution is -2.36. The molecular weight excluding hydrogens is 493 g/mol. The van der Waals surface area contributed by atoms with Crippen LogP contribution in [0.15, 0.2) is 42.2 Å². The predicted octanol–water partition coefficient (Wildman–Crippen LogP) is 5.47. The Hall–Kier alpha value is -2.92. The van der Waals surface area contributed by atoms with E-state index in [-0.39, 0.29) is 5.82 Å². The van der Waals surface area contributed by atoms with Crippen LogP contribution in [0.2, 0.25) is 0 Å². The van der Waals surface area contributed by atoms with Crippen LogP contribution in [0.5, 0.6) is 0 Å². The van der Waals surface area contributed by atoms with Gasteiger partial charge < -0.3 is 25.4 Å². The highest BCUT2D eigenvalue weighted by Crippen LogP contribution is 2.41. The number of anilines is 2. The second-order valence-corrected chi connectivity index (χ2v) is 10.2. The van der Waals surface area contributed by atoms with Crippen molar-refractivity contribution in [2.24, 2.45) is 5.92 Å². The Bertz CT molecular complexity index is 1120. The number of carboxylic acid groups (broad SMARTS) is 1. The number of carbonyl (C=O) groups is 1. The molecule has 0 bridgehead atoms. The Morgan fingerprint density at radius 2 is 1.97 bits per heavy atom. The molecule has 3 N–H and O–H groups in total. The molecule has 36 heavy (non-hydrogen) atoms. The Morgan fingerprint density at radius 1 is 1.28 bits per heavy atom. The summed E-state index contributed by atoms with van der Waals surface area (Å²) in [5.41, 5.74) is 1.04. The monoisotopic (exact) mass is 522 g/mol. The van der Waals surface area contributed by atoms with Crippen molar-refractivity contribution in [1.82, 2.24) is 10.3 Å². The first-order valence-corrected chi connectivity index (χ1v) is 12.7. The van der Waals surface area contributed by atoms with E-state index in [0.717, 1.165) is 47.8 Å². The number of alkyl halides is 3. The van der Waals surface area contributed by atoms with Crippen LogP contribution in [-0.4, -0.2) is 47.9 Å². The molecule has 1 aromatic heterocycles. The smallest absolute Gasteiger partial charge is 0.417 e. The van der Waals surface area contributed by atoms with Crippen LogP contribution in [0.1, 0.15) is 48.2 Å². The van der Waals surface area contributed by atoms with Gasteiger partial charge in [-0.1, -0.05) is 37.7 Å². The lowest BCUT2D eigenvalue weighted by atomic mass is 10.0. The van der Waals surface area contributed by atoms with Crippen molar-refractivity contribution in [3.05, 3.63) is 58.9 Å². The number of rotatable bonds is 8. The van der Waals surface area contributed by atoms with Crippen molar-refractivity contribution in [3.63, 3.8) is 0 Å². The maximum atomic E-state index is 13.1. The number of halogens is 3. The number of aromatic carboxylic acids is 1. The highest BCUT2D eigenvalue weighted by Gasteiger charge is 2.33. The van der Waals surface area contributed by atoms with Crippen LogP contribution in [0.4, 0.5) is 24.7 Å². The molecule has 2 aliphatic heterocycles. The molecule has 11 heteroatoms. The summed E-state index contributed by atoms with van der Waals surface area (Å²) in [7, 11) is 0. The van der Waals surface area contributed by atoms with Crippen molar-refractivity contribution in [3.8, 4) is 0 Å². The molecular formula is C25H29F3N4O3S. The number of nitrogens with zero attached hydrogens (tertiary/aromatic N) is 2. The molecule has 7 nitrogen and oxygen atoms in total. The number of carboxylic acids is 1. The third-order valence-corrected chi connectivity index (χ3v) is 7.19. The minimum absolute atomic E-state index is 0.118. The minimum atomic E-state index is -4.68. The summed E-state index contributed by atoms with van der Waals surface area (Å²) >= 11 is 1.46. The van der Waals surface area contributed by atoms with E-state index in [9.17, 15) is 23.1 Å². The molecule has 0 aliphatic carbocycles. The van der Waals surface area contributed by atoms with E-state index in [4.69, 9.17) is 4.74 Å². The molecule has 2 aliphatic rings. The van der Waals surface area contributed by atoms with Gasteiger partial charge >= 0.3 is 12.1 Å². The Balaban J connectivity index is 1.55. The first-order valence-electron chi connectivity index (χ1n) is 11.8. The molecule has 1 fully saturated rings. The number of nitrogens with one attached hydrogen (secondary N) is 2. The van der Waals surface area contributed by atoms with Gasteiger partial charge in [0.1, 0.15) is 11.4 Å². The van der Waals surface area contributed by atoms with Crippen molar-refractivity contribution >= 4 is 34.1 Å². The topological polar surface area (TPSA) is 86.7 Å². The van der Waals surface area contributed by atoms with Crippen LogP contribution in [0.25, 0.3) is 4.91 Å². The summed E-state index contributed by atoms with van der Waals surface area (Å²) in [6.45, 7) is 7.37. The standard InChI is InChI=1S/C25H29F3N4O3S/c1-15(2)3-8-20-21(16-4-6-18(7-5-16)32-9-11-35-12-10-32)36-24(30-20)31-22-19(23(33)34)13-17(14-29-22)25(26,27)28/h4-7,13-15,24,30H,3,8-12H2,1-2H3,(H,29,31)(H,33,34). The number of ether oxygens (including phenoxy) is 1. The van der Waals surface area contributed by atoms with Gasteiger partial charge in [0, 0.05) is 35.6 Å². The van der Waals surface area contributed by atoms with E-state index in [2.05, 4.69) is 58.6 Å². The van der Waals surface area contributed by atoms with Gasteiger partial charge in [-0.3, -0.25) is 0 Å². The summed E-state index contributed by atoms with van der Waals surface area (Å²) in [4.78, 5) is 18.8. The fourth-order valence-electron chi connectivity index (χ4n) is 4.04. The number of hydrogen-bond donors (Lipinski definition) is 3. The van der Waals surface area contributed by atoms with E-state index in [0.29, 0.717) is 31.4 Å². The van der Waals surface area contributed by atoms with Crippen LogP contribution >= 0.6 is 11.8 Å². The Kier molecular flexibility index (Phi) is 7.99. The third kappa shape index (κ3) is 6.25. The molecule has 1 atom stereocenters. The van der Waals surface area contributed by atoms with Crippen LogP contribution < -0.4 is 15.5 Å². The second kappa shape index (κ2) is 11.0. The molecule has 0 amide bonds. The Labute approximate surface area is 212 Å². The molecule has 1 unspecified atom stereocenters. The first kappa shape index (κ1) is 26.2. The van der Waals surface area contributed by atoms with Gasteiger partial charge in [-0.2, -0.15) is 13.2 Å². The number of aromatic nitrogens is 1. The average Bonchev–Trinajstić information content (AvgIpc) is 3.25. The average molecular weight is 523 g/mol. The molecule has 3 heterocycles. The number of morpholine rings is 1. The molecule has 0 radical (unpaired) electrons. The molecule has 1 saturated heterocycles. The lowest BCUT2D eigenvalue weighted by molar-refractivity contribution is -0.137. The SMILES string of the molecule is CC(C)CCC1=C(c2ccc(N3CCOCC3)cc2)SC(Nc2ncc(C(F)(F)F)cc2C(=O)O)N1. The van der Waals surface area contributed by atoms with E-state index < -0.39 is 28.8 Å². The minimum Gasteiger partial charge on any atom is -0.478 e. The zero-order valence-electron chi connectivity index (χ0n) is 20.1. The van der Waals surface area contributed by atoms with Crippen LogP contribution in [-0.2, 0) is 10.9 Å². The van der Waals surface area contributed by atoms with Crippen LogP contribution in [0.3, 0.4) is 0 Å². The summed E-state index contributed by atoms with van der Waals surface area (Å²) < 4.78 is 44.6. The Morgan fingerprint density at radius 3 is 2.58 bits per heavy atom. The van der Waals surface area contributed by atoms with E-state index in [1.807, 2.05) is 0 Å². The maximum Gasteiger partial charge on any atom is 0.417 e. The molecule has 2 aromatic rings. The summed E-state index contributed by atoms with van der Waals surface area (Å²) in [6.07, 6.45) is -2.30. The molecule has 0 saturated carbocycles. The number of benzene rings is 1. The fraction of sp³-hybridized carbons (Fsp3) is 0.440. The molecule has 194 valence electrons. The van der Waals surface area contributed by atoms with Crippen molar-refractivity contribution in [1.29, 1.82) is 0 Å². The summed E-state index contributed by atoms with van der Waals surface area (Å²) in [6, 6.07) is 8.89. The highest BCUT2D eigenvalue weighted by molar-refractivity contribution is 8.09. The molecule has 1 aromatic carbocycles. The van der Waals surface area contributed by atoms with Gasteiger partial charge in [-0.15, -0.1) is 0 Å². The van der Waals surface area contributed by atoms with Crippen LogP contribution in [0, 0.1) is 5.92 Å². The third-order valence-electron chi connectivity index (χ3n) is 6.01. The predicted molar refractivity (Wildman–Crippen MR) is 135 cm³/mol. The van der Waals surface area contributed by atoms with Crippen molar-refractivity contribution in [2.45, 2.75) is 38.4 Å². The molecule has 4 rings (SSSR count). The number of pyridine rings is 1. The van der Waals surface area contributed by atoms with Gasteiger partial charge in [0.15, 0.2) is 5.50 Å². The maximum absolute atomic E-state index is 13.1. The van der Waals surface area contributed by atoms with Gasteiger partial charge in [-0.05, 0) is 42.5 Å². The number of thioether (sulfide) groups is 1. The molecule has 0 spiro atoms. The number of hydrogen-bond acceptors (Lipinski definition) is 7. The summed E-state index contributed by atoms with van der Waals surface area (Å²) in [5.74, 6) is -1.12. The van der Waals surface area contributed by atoms with Gasteiger partial charge in [-0.25, -0.2) is 9.78 Å².